The number of halogens is 1. The molecule has 3 aromatic rings. The molecule has 0 aliphatic carbocycles. The maximum Gasteiger partial charge on any atom is 0.259 e. The van der Waals surface area contributed by atoms with Crippen LogP contribution in [0.5, 0.6) is 11.5 Å². The van der Waals surface area contributed by atoms with E-state index in [4.69, 9.17) is 9.47 Å². The number of amides is 1. The Balaban J connectivity index is 1.65. The number of ketones is 2. The zero-order valence-corrected chi connectivity index (χ0v) is 20.1. The molecule has 0 N–H and O–H groups in total. The van der Waals surface area contributed by atoms with Gasteiger partial charge in [-0.1, -0.05) is 0 Å². The van der Waals surface area contributed by atoms with E-state index in [1.165, 1.54) is 18.1 Å². The Morgan fingerprint density at radius 1 is 0.943 bits per heavy atom. The van der Waals surface area contributed by atoms with Gasteiger partial charge in [0.05, 0.1) is 7.11 Å². The highest BCUT2D eigenvalue weighted by Crippen LogP contribution is 2.30. The van der Waals surface area contributed by atoms with E-state index >= 15 is 0 Å². The minimum absolute atomic E-state index is 0.0108. The molecule has 0 spiro atoms. The summed E-state index contributed by atoms with van der Waals surface area (Å²) in [5.74, 6) is -0.0638. The van der Waals surface area contributed by atoms with E-state index in [0.29, 0.717) is 33.9 Å². The number of nitrogens with zero attached hydrogens (tertiary/aromatic N) is 2. The lowest BCUT2D eigenvalue weighted by Crippen LogP contribution is -2.27. The van der Waals surface area contributed by atoms with Gasteiger partial charge in [-0.2, -0.15) is 0 Å². The Morgan fingerprint density at radius 3 is 2.26 bits per heavy atom. The molecule has 0 fully saturated rings. The van der Waals surface area contributed by atoms with Gasteiger partial charge >= 0.3 is 0 Å². The SMILES string of the molecule is COc1ccc(C(=O)CCC(=O)c2ccc(OCC(=O)N(C)C)cc2)nc1-c1ccc(F)c(C)c1. The molecule has 3 rings (SSSR count). The summed E-state index contributed by atoms with van der Waals surface area (Å²) in [6, 6.07) is 14.2. The first kappa shape index (κ1) is 25.6. The molecular weight excluding hydrogens is 451 g/mol. The van der Waals surface area contributed by atoms with Gasteiger partial charge in [-0.3, -0.25) is 14.4 Å². The van der Waals surface area contributed by atoms with E-state index in [9.17, 15) is 18.8 Å². The minimum Gasteiger partial charge on any atom is -0.494 e. The van der Waals surface area contributed by atoms with E-state index in [0.717, 1.165) is 0 Å². The molecule has 0 radical (unpaired) electrons. The number of aromatic nitrogens is 1. The van der Waals surface area contributed by atoms with Crippen molar-refractivity contribution in [1.29, 1.82) is 0 Å². The monoisotopic (exact) mass is 478 g/mol. The number of hydrogen-bond acceptors (Lipinski definition) is 6. The first-order valence-electron chi connectivity index (χ1n) is 11.0. The van der Waals surface area contributed by atoms with Crippen LogP contribution in [0.4, 0.5) is 4.39 Å². The van der Waals surface area contributed by atoms with Crippen LogP contribution in [0.1, 0.15) is 39.3 Å². The fourth-order valence-electron chi connectivity index (χ4n) is 3.28. The highest BCUT2D eigenvalue weighted by atomic mass is 19.1. The van der Waals surface area contributed by atoms with Crippen molar-refractivity contribution in [3.8, 4) is 22.8 Å². The van der Waals surface area contributed by atoms with Gasteiger partial charge in [-0.05, 0) is 67.1 Å². The Labute approximate surface area is 203 Å². The van der Waals surface area contributed by atoms with Crippen molar-refractivity contribution in [3.63, 3.8) is 0 Å². The van der Waals surface area contributed by atoms with Crippen molar-refractivity contribution in [2.45, 2.75) is 19.8 Å². The van der Waals surface area contributed by atoms with Crippen molar-refractivity contribution in [2.75, 3.05) is 27.8 Å². The summed E-state index contributed by atoms with van der Waals surface area (Å²) in [7, 11) is 4.77. The second-order valence-corrected chi connectivity index (χ2v) is 8.16. The van der Waals surface area contributed by atoms with E-state index in [-0.39, 0.29) is 48.4 Å². The van der Waals surface area contributed by atoms with Crippen LogP contribution in [0.15, 0.2) is 54.6 Å². The number of likely N-dealkylation sites (N-methyl/N-ethyl adjacent to an activating group) is 1. The zero-order chi connectivity index (χ0) is 25.5. The molecule has 2 aromatic carbocycles. The van der Waals surface area contributed by atoms with Crippen LogP contribution in [-0.4, -0.2) is 55.2 Å². The largest absolute Gasteiger partial charge is 0.494 e. The second-order valence-electron chi connectivity index (χ2n) is 8.16. The number of methoxy groups -OCH3 is 1. The van der Waals surface area contributed by atoms with Gasteiger partial charge in [0.15, 0.2) is 18.2 Å². The lowest BCUT2D eigenvalue weighted by atomic mass is 10.0. The van der Waals surface area contributed by atoms with Gasteiger partial charge in [0, 0.05) is 38.1 Å². The molecule has 7 nitrogen and oxygen atoms in total. The molecule has 1 amide bonds. The number of hydrogen-bond donors (Lipinski definition) is 0. The van der Waals surface area contributed by atoms with Gasteiger partial charge in [-0.15, -0.1) is 0 Å². The maximum atomic E-state index is 13.7. The van der Waals surface area contributed by atoms with Gasteiger partial charge in [0.25, 0.3) is 5.91 Å². The third-order valence-corrected chi connectivity index (χ3v) is 5.41. The summed E-state index contributed by atoms with van der Waals surface area (Å²) in [5.41, 5.74) is 2.14. The van der Waals surface area contributed by atoms with Crippen LogP contribution in [0, 0.1) is 12.7 Å². The number of rotatable bonds is 10. The van der Waals surface area contributed by atoms with Crippen LogP contribution in [-0.2, 0) is 4.79 Å². The number of Topliss-reactive ketones (excluding diaryl/α,β-unsaturated/α-hetero) is 2. The van der Waals surface area contributed by atoms with E-state index in [1.54, 1.807) is 69.6 Å². The molecule has 0 aliphatic heterocycles. The van der Waals surface area contributed by atoms with Crippen molar-refractivity contribution in [2.24, 2.45) is 0 Å². The Morgan fingerprint density at radius 2 is 1.63 bits per heavy atom. The third-order valence-electron chi connectivity index (χ3n) is 5.41. The first-order valence-corrected chi connectivity index (χ1v) is 11.0. The zero-order valence-electron chi connectivity index (χ0n) is 20.1. The molecule has 0 saturated heterocycles. The molecule has 0 saturated carbocycles. The van der Waals surface area contributed by atoms with Gasteiger partial charge in [0.2, 0.25) is 0 Å². The van der Waals surface area contributed by atoms with E-state index in [2.05, 4.69) is 4.98 Å². The molecule has 0 unspecified atom stereocenters. The van der Waals surface area contributed by atoms with Gasteiger partial charge in [0.1, 0.15) is 28.7 Å². The summed E-state index contributed by atoms with van der Waals surface area (Å²) >= 11 is 0. The molecule has 0 atom stereocenters. The number of carbonyl (C=O) groups excluding carboxylic acids is 3. The Bertz CT molecular complexity index is 1240. The van der Waals surface area contributed by atoms with Gasteiger partial charge in [-0.25, -0.2) is 9.37 Å². The fraction of sp³-hybridized carbons (Fsp3) is 0.259. The summed E-state index contributed by atoms with van der Waals surface area (Å²) in [6.07, 6.45) is -0.00745. The van der Waals surface area contributed by atoms with Crippen LogP contribution in [0.25, 0.3) is 11.3 Å². The van der Waals surface area contributed by atoms with Gasteiger partial charge < -0.3 is 14.4 Å². The topological polar surface area (TPSA) is 85.8 Å². The standard InChI is InChI=1S/C27H27FN2O5/c1-17-15-19(7-10-21(17)28)27-25(34-4)14-11-22(29-27)24(32)13-12-23(31)18-5-8-20(9-6-18)35-16-26(33)30(2)3/h5-11,14-15H,12-13,16H2,1-4H3. The number of aryl methyl sites for hydroxylation is 1. The highest BCUT2D eigenvalue weighted by Gasteiger charge is 2.16. The summed E-state index contributed by atoms with van der Waals surface area (Å²) in [6.45, 7) is 1.55. The minimum atomic E-state index is -0.333. The number of pyridine rings is 1. The molecule has 35 heavy (non-hydrogen) atoms. The molecule has 0 aliphatic rings. The lowest BCUT2D eigenvalue weighted by molar-refractivity contribution is -0.130. The summed E-state index contributed by atoms with van der Waals surface area (Å²) in [4.78, 5) is 42.8. The fourth-order valence-corrected chi connectivity index (χ4v) is 3.28. The Kier molecular flexibility index (Phi) is 8.30. The van der Waals surface area contributed by atoms with Crippen molar-refractivity contribution < 1.29 is 28.2 Å². The van der Waals surface area contributed by atoms with E-state index in [1.807, 2.05) is 0 Å². The maximum absolute atomic E-state index is 13.7. The summed E-state index contributed by atoms with van der Waals surface area (Å²) in [5, 5.41) is 0. The van der Waals surface area contributed by atoms with Crippen molar-refractivity contribution in [1.82, 2.24) is 9.88 Å². The third kappa shape index (κ3) is 6.50. The molecule has 1 aromatic heterocycles. The summed E-state index contributed by atoms with van der Waals surface area (Å²) < 4.78 is 24.4. The normalized spacial score (nSPS) is 10.5. The molecule has 0 bridgehead atoms. The predicted molar refractivity (Wildman–Crippen MR) is 129 cm³/mol. The smallest absolute Gasteiger partial charge is 0.259 e. The first-order chi connectivity index (χ1) is 16.7. The molecular formula is C27H27FN2O5. The second kappa shape index (κ2) is 11.4. The van der Waals surface area contributed by atoms with Crippen LogP contribution in [0.3, 0.4) is 0 Å². The van der Waals surface area contributed by atoms with Crippen LogP contribution in [0.2, 0.25) is 0 Å². The number of ether oxygens (including phenoxy) is 2. The Hall–Kier alpha value is -4.07. The average molecular weight is 479 g/mol. The highest BCUT2D eigenvalue weighted by molar-refractivity contribution is 6.01. The predicted octanol–water partition coefficient (Wildman–Crippen LogP) is 4.52. The van der Waals surface area contributed by atoms with Crippen molar-refractivity contribution >= 4 is 17.5 Å². The lowest BCUT2D eigenvalue weighted by Gasteiger charge is -2.11. The molecule has 1 heterocycles. The number of carbonyl (C=O) groups is 3. The average Bonchev–Trinajstić information content (AvgIpc) is 2.87. The molecule has 182 valence electrons. The van der Waals surface area contributed by atoms with Crippen LogP contribution < -0.4 is 9.47 Å². The molecule has 8 heteroatoms. The quantitative estimate of drug-likeness (QED) is 0.399. The van der Waals surface area contributed by atoms with E-state index < -0.39 is 0 Å². The van der Waals surface area contributed by atoms with Crippen LogP contribution >= 0.6 is 0 Å². The number of benzene rings is 2. The van der Waals surface area contributed by atoms with Crippen molar-refractivity contribution in [3.05, 3.63) is 77.2 Å².